The highest BCUT2D eigenvalue weighted by Crippen LogP contribution is 2.29. The molecule has 0 unspecified atom stereocenters. The zero-order valence-corrected chi connectivity index (χ0v) is 13.5. The van der Waals surface area contributed by atoms with Gasteiger partial charge in [0.1, 0.15) is 0 Å². The largest absolute Gasteiger partial charge is 0.338 e. The molecule has 122 valence electrons. The Bertz CT molecular complexity index is 459. The van der Waals surface area contributed by atoms with Gasteiger partial charge in [-0.2, -0.15) is 0 Å². The van der Waals surface area contributed by atoms with Gasteiger partial charge < -0.3 is 15.1 Å². The lowest BCUT2D eigenvalue weighted by molar-refractivity contribution is -0.130. The number of rotatable bonds is 4. The van der Waals surface area contributed by atoms with Crippen molar-refractivity contribution in [3.63, 3.8) is 0 Å². The highest BCUT2D eigenvalue weighted by Gasteiger charge is 2.36. The van der Waals surface area contributed by atoms with Crippen LogP contribution in [0.15, 0.2) is 12.2 Å². The van der Waals surface area contributed by atoms with E-state index in [9.17, 15) is 9.59 Å². The van der Waals surface area contributed by atoms with E-state index in [4.69, 9.17) is 0 Å². The SMILES string of the molecule is CC(=O)N(C[C@@H]1CCCN1C(=O)N[C@H]1C=CCCC1)C1CC1. The summed E-state index contributed by atoms with van der Waals surface area (Å²) in [4.78, 5) is 28.3. The van der Waals surface area contributed by atoms with E-state index in [-0.39, 0.29) is 24.0 Å². The van der Waals surface area contributed by atoms with E-state index < -0.39 is 0 Å². The minimum atomic E-state index is 0.0401. The quantitative estimate of drug-likeness (QED) is 0.810. The van der Waals surface area contributed by atoms with E-state index in [2.05, 4.69) is 17.5 Å². The lowest BCUT2D eigenvalue weighted by atomic mass is 10.0. The van der Waals surface area contributed by atoms with Gasteiger partial charge in [0.15, 0.2) is 0 Å². The summed E-state index contributed by atoms with van der Waals surface area (Å²) in [5.74, 6) is 0.143. The molecule has 22 heavy (non-hydrogen) atoms. The van der Waals surface area contributed by atoms with E-state index in [1.165, 1.54) is 0 Å². The van der Waals surface area contributed by atoms with Crippen LogP contribution in [-0.4, -0.2) is 53.0 Å². The second kappa shape index (κ2) is 6.71. The number of urea groups is 1. The van der Waals surface area contributed by atoms with Gasteiger partial charge in [-0.05, 0) is 44.9 Å². The summed E-state index contributed by atoms with van der Waals surface area (Å²) < 4.78 is 0. The first-order valence-electron chi connectivity index (χ1n) is 8.66. The lowest BCUT2D eigenvalue weighted by Gasteiger charge is -2.31. The van der Waals surface area contributed by atoms with Crippen LogP contribution >= 0.6 is 0 Å². The van der Waals surface area contributed by atoms with Crippen LogP contribution in [0.5, 0.6) is 0 Å². The van der Waals surface area contributed by atoms with Gasteiger partial charge in [0.25, 0.3) is 0 Å². The van der Waals surface area contributed by atoms with Crippen molar-refractivity contribution in [1.29, 1.82) is 0 Å². The van der Waals surface area contributed by atoms with Crippen LogP contribution in [0.4, 0.5) is 4.79 Å². The first kappa shape index (κ1) is 15.4. The third-order valence-electron chi connectivity index (χ3n) is 5.00. The molecule has 2 aliphatic carbocycles. The Balaban J connectivity index is 1.57. The Morgan fingerprint density at radius 2 is 2.05 bits per heavy atom. The fourth-order valence-electron chi connectivity index (χ4n) is 3.62. The molecule has 1 aliphatic heterocycles. The summed E-state index contributed by atoms with van der Waals surface area (Å²) in [6.45, 7) is 3.15. The second-order valence-electron chi connectivity index (χ2n) is 6.81. The Labute approximate surface area is 132 Å². The normalized spacial score (nSPS) is 27.8. The first-order valence-corrected chi connectivity index (χ1v) is 8.66. The number of hydrogen-bond donors (Lipinski definition) is 1. The van der Waals surface area contributed by atoms with Crippen LogP contribution in [0.25, 0.3) is 0 Å². The predicted octanol–water partition coefficient (Wildman–Crippen LogP) is 2.28. The number of nitrogens with zero attached hydrogens (tertiary/aromatic N) is 2. The van der Waals surface area contributed by atoms with Gasteiger partial charge in [0.05, 0.1) is 6.04 Å². The molecule has 0 bridgehead atoms. The van der Waals surface area contributed by atoms with Crippen molar-refractivity contribution < 1.29 is 9.59 Å². The number of carbonyl (C=O) groups excluding carboxylic acids is 2. The topological polar surface area (TPSA) is 52.7 Å². The molecule has 0 radical (unpaired) electrons. The van der Waals surface area contributed by atoms with Crippen LogP contribution in [0.2, 0.25) is 0 Å². The molecule has 2 fully saturated rings. The molecule has 5 heteroatoms. The molecule has 1 heterocycles. The molecule has 1 N–H and O–H groups in total. The van der Waals surface area contributed by atoms with E-state index in [1.807, 2.05) is 9.80 Å². The summed E-state index contributed by atoms with van der Waals surface area (Å²) in [5, 5.41) is 3.13. The summed E-state index contributed by atoms with van der Waals surface area (Å²) in [6.07, 6.45) is 11.8. The van der Waals surface area contributed by atoms with E-state index in [0.717, 1.165) is 51.5 Å². The monoisotopic (exact) mass is 305 g/mol. The van der Waals surface area contributed by atoms with Crippen molar-refractivity contribution in [2.24, 2.45) is 0 Å². The van der Waals surface area contributed by atoms with Gasteiger partial charge in [0.2, 0.25) is 5.91 Å². The van der Waals surface area contributed by atoms with Crippen molar-refractivity contribution in [1.82, 2.24) is 15.1 Å². The molecule has 3 aliphatic rings. The lowest BCUT2D eigenvalue weighted by Crippen LogP contribution is -2.50. The Morgan fingerprint density at radius 1 is 1.23 bits per heavy atom. The molecular formula is C17H27N3O2. The standard InChI is InChI=1S/C17H27N3O2/c1-13(21)20(15-9-10-15)12-16-8-5-11-19(16)17(22)18-14-6-3-2-4-7-14/h3,6,14-16H,2,4-5,7-12H2,1H3,(H,18,22)/t14-,16-/m0/s1. The number of likely N-dealkylation sites (tertiary alicyclic amines) is 1. The average molecular weight is 305 g/mol. The van der Waals surface area contributed by atoms with Gasteiger partial charge in [-0.1, -0.05) is 12.2 Å². The predicted molar refractivity (Wildman–Crippen MR) is 85.4 cm³/mol. The molecule has 0 spiro atoms. The molecule has 3 amide bonds. The van der Waals surface area contributed by atoms with Gasteiger partial charge in [-0.25, -0.2) is 4.79 Å². The Morgan fingerprint density at radius 3 is 2.68 bits per heavy atom. The van der Waals surface area contributed by atoms with Gasteiger partial charge in [-0.15, -0.1) is 0 Å². The molecule has 0 aromatic carbocycles. The highest BCUT2D eigenvalue weighted by atomic mass is 16.2. The third kappa shape index (κ3) is 3.62. The maximum Gasteiger partial charge on any atom is 0.318 e. The third-order valence-corrected chi connectivity index (χ3v) is 5.00. The molecule has 0 aromatic heterocycles. The van der Waals surface area contributed by atoms with E-state index in [0.29, 0.717) is 12.6 Å². The fourth-order valence-corrected chi connectivity index (χ4v) is 3.62. The number of carbonyl (C=O) groups is 2. The van der Waals surface area contributed by atoms with Crippen molar-refractivity contribution in [3.05, 3.63) is 12.2 Å². The first-order chi connectivity index (χ1) is 10.6. The highest BCUT2D eigenvalue weighted by molar-refractivity contribution is 5.76. The fraction of sp³-hybridized carbons (Fsp3) is 0.765. The smallest absolute Gasteiger partial charge is 0.318 e. The Kier molecular flexibility index (Phi) is 4.69. The van der Waals surface area contributed by atoms with Crippen LogP contribution < -0.4 is 5.32 Å². The van der Waals surface area contributed by atoms with Gasteiger partial charge in [0, 0.05) is 32.1 Å². The molecule has 0 aromatic rings. The summed E-state index contributed by atoms with van der Waals surface area (Å²) in [6, 6.07) is 0.814. The number of hydrogen-bond acceptors (Lipinski definition) is 2. The van der Waals surface area contributed by atoms with Crippen LogP contribution in [0, 0.1) is 0 Å². The maximum atomic E-state index is 12.5. The summed E-state index contributed by atoms with van der Waals surface area (Å²) in [7, 11) is 0. The minimum Gasteiger partial charge on any atom is -0.338 e. The molecule has 1 saturated carbocycles. The van der Waals surface area contributed by atoms with Crippen LogP contribution in [-0.2, 0) is 4.79 Å². The average Bonchev–Trinajstić information content (AvgIpc) is 3.23. The summed E-state index contributed by atoms with van der Waals surface area (Å²) >= 11 is 0. The number of amides is 3. The molecule has 2 atom stereocenters. The molecule has 5 nitrogen and oxygen atoms in total. The van der Waals surface area contributed by atoms with Crippen molar-refractivity contribution in [2.75, 3.05) is 13.1 Å². The van der Waals surface area contributed by atoms with Crippen LogP contribution in [0.3, 0.4) is 0 Å². The van der Waals surface area contributed by atoms with Crippen molar-refractivity contribution in [2.45, 2.75) is 70.0 Å². The van der Waals surface area contributed by atoms with Crippen molar-refractivity contribution >= 4 is 11.9 Å². The molecule has 1 saturated heterocycles. The van der Waals surface area contributed by atoms with Crippen LogP contribution in [0.1, 0.15) is 51.9 Å². The van der Waals surface area contributed by atoms with E-state index in [1.54, 1.807) is 6.92 Å². The van der Waals surface area contributed by atoms with E-state index >= 15 is 0 Å². The Hall–Kier alpha value is -1.52. The zero-order valence-electron chi connectivity index (χ0n) is 13.5. The van der Waals surface area contributed by atoms with Crippen molar-refractivity contribution in [3.8, 4) is 0 Å². The molecule has 3 rings (SSSR count). The zero-order chi connectivity index (χ0) is 15.5. The molecular weight excluding hydrogens is 278 g/mol. The minimum absolute atomic E-state index is 0.0401. The number of allylic oxidation sites excluding steroid dienone is 1. The van der Waals surface area contributed by atoms with Gasteiger partial charge >= 0.3 is 6.03 Å². The van der Waals surface area contributed by atoms with Gasteiger partial charge in [-0.3, -0.25) is 4.79 Å². The maximum absolute atomic E-state index is 12.5. The number of nitrogens with one attached hydrogen (secondary N) is 1. The summed E-state index contributed by atoms with van der Waals surface area (Å²) in [5.41, 5.74) is 0. The second-order valence-corrected chi connectivity index (χ2v) is 6.81.